The summed E-state index contributed by atoms with van der Waals surface area (Å²) >= 11 is 1.39. The van der Waals surface area contributed by atoms with Crippen LogP contribution in [0.15, 0.2) is 67.0 Å². The topological polar surface area (TPSA) is 88.4 Å². The third kappa shape index (κ3) is 3.49. The molecule has 31 heavy (non-hydrogen) atoms. The fourth-order valence-corrected chi connectivity index (χ4v) is 4.55. The zero-order chi connectivity index (χ0) is 21.4. The molecule has 1 aliphatic rings. The van der Waals surface area contributed by atoms with Crippen LogP contribution in [0.1, 0.15) is 20.7 Å². The molecule has 5 rings (SSSR count). The Morgan fingerprint density at radius 1 is 0.968 bits per heavy atom. The molecule has 0 saturated heterocycles. The Morgan fingerprint density at radius 3 is 2.35 bits per heavy atom. The van der Waals surface area contributed by atoms with Gasteiger partial charge in [0, 0.05) is 18.9 Å². The van der Waals surface area contributed by atoms with Gasteiger partial charge in [-0.15, -0.1) is 0 Å². The third-order valence-electron chi connectivity index (χ3n) is 5.10. The van der Waals surface area contributed by atoms with E-state index in [-0.39, 0.29) is 12.5 Å². The average molecular weight is 431 g/mol. The summed E-state index contributed by atoms with van der Waals surface area (Å²) in [6.07, 6.45) is 3.48. The second-order valence-corrected chi connectivity index (χ2v) is 8.03. The number of anilines is 1. The van der Waals surface area contributed by atoms with Gasteiger partial charge >= 0.3 is 0 Å². The van der Waals surface area contributed by atoms with Crippen LogP contribution in [0, 0.1) is 0 Å². The van der Waals surface area contributed by atoms with Crippen LogP contribution in [0.5, 0.6) is 0 Å². The number of hydrogen-bond donors (Lipinski definition) is 0. The lowest BCUT2D eigenvalue weighted by atomic mass is 10.1. The van der Waals surface area contributed by atoms with Gasteiger partial charge < -0.3 is 0 Å². The van der Waals surface area contributed by atoms with E-state index >= 15 is 0 Å². The summed E-state index contributed by atoms with van der Waals surface area (Å²) < 4.78 is 2.67. The molecule has 0 radical (unpaired) electrons. The molecule has 9 heteroatoms. The number of rotatable bonds is 6. The molecule has 0 N–H and O–H groups in total. The van der Waals surface area contributed by atoms with Crippen molar-refractivity contribution in [3.63, 3.8) is 0 Å². The zero-order valence-corrected chi connectivity index (χ0v) is 17.2. The lowest BCUT2D eigenvalue weighted by Crippen LogP contribution is -2.44. The molecule has 3 heterocycles. The van der Waals surface area contributed by atoms with E-state index in [0.29, 0.717) is 29.3 Å². The SMILES string of the molecule is O=C1c2ccccc2C(=O)N1CC(=O)N(CCn1cccn1)c1nc2ccccc2s1. The van der Waals surface area contributed by atoms with Crippen molar-refractivity contribution in [1.29, 1.82) is 0 Å². The number of aromatic nitrogens is 3. The molecule has 154 valence electrons. The van der Waals surface area contributed by atoms with Crippen molar-refractivity contribution in [2.24, 2.45) is 0 Å². The highest BCUT2D eigenvalue weighted by Crippen LogP contribution is 2.29. The number of carbonyl (C=O) groups is 3. The molecule has 8 nitrogen and oxygen atoms in total. The van der Waals surface area contributed by atoms with Crippen LogP contribution < -0.4 is 4.90 Å². The molecular formula is C22H17N5O3S. The van der Waals surface area contributed by atoms with Gasteiger partial charge in [0.2, 0.25) is 5.91 Å². The Morgan fingerprint density at radius 2 is 1.68 bits per heavy atom. The normalized spacial score (nSPS) is 13.1. The zero-order valence-electron chi connectivity index (χ0n) is 16.3. The van der Waals surface area contributed by atoms with Crippen molar-refractivity contribution in [1.82, 2.24) is 19.7 Å². The number of nitrogens with zero attached hydrogens (tertiary/aromatic N) is 5. The number of carbonyl (C=O) groups excluding carboxylic acids is 3. The first-order valence-corrected chi connectivity index (χ1v) is 10.5. The Kier molecular flexibility index (Phi) is 4.79. The van der Waals surface area contributed by atoms with Gasteiger partial charge in [-0.05, 0) is 30.3 Å². The van der Waals surface area contributed by atoms with Crippen molar-refractivity contribution >= 4 is 44.4 Å². The highest BCUT2D eigenvalue weighted by molar-refractivity contribution is 7.22. The summed E-state index contributed by atoms with van der Waals surface area (Å²) in [7, 11) is 0. The Labute approximate surface area is 181 Å². The lowest BCUT2D eigenvalue weighted by molar-refractivity contribution is -0.119. The maximum atomic E-state index is 13.3. The fourth-order valence-electron chi connectivity index (χ4n) is 3.54. The smallest absolute Gasteiger partial charge is 0.262 e. The average Bonchev–Trinajstić information content (AvgIpc) is 3.50. The van der Waals surface area contributed by atoms with Gasteiger partial charge in [0.1, 0.15) is 6.54 Å². The van der Waals surface area contributed by atoms with Crippen molar-refractivity contribution < 1.29 is 14.4 Å². The second kappa shape index (κ2) is 7.77. The van der Waals surface area contributed by atoms with Gasteiger partial charge in [0.05, 0.1) is 27.9 Å². The largest absolute Gasteiger partial charge is 0.285 e. The monoisotopic (exact) mass is 431 g/mol. The molecule has 0 spiro atoms. The minimum Gasteiger partial charge on any atom is -0.285 e. The Bertz CT molecular complexity index is 1230. The summed E-state index contributed by atoms with van der Waals surface area (Å²) in [5.41, 5.74) is 1.44. The van der Waals surface area contributed by atoms with Crippen LogP contribution in [-0.2, 0) is 11.3 Å². The van der Waals surface area contributed by atoms with Crippen LogP contribution >= 0.6 is 11.3 Å². The van der Waals surface area contributed by atoms with Crippen molar-refractivity contribution in [2.45, 2.75) is 6.54 Å². The predicted octanol–water partition coefficient (Wildman–Crippen LogP) is 2.82. The van der Waals surface area contributed by atoms with Crippen LogP contribution in [0.25, 0.3) is 10.2 Å². The van der Waals surface area contributed by atoms with Crippen LogP contribution in [0.2, 0.25) is 0 Å². The first-order valence-electron chi connectivity index (χ1n) is 9.70. The van der Waals surface area contributed by atoms with Crippen LogP contribution in [-0.4, -0.2) is 50.5 Å². The quantitative estimate of drug-likeness (QED) is 0.438. The van der Waals surface area contributed by atoms with E-state index in [2.05, 4.69) is 10.1 Å². The third-order valence-corrected chi connectivity index (χ3v) is 6.16. The van der Waals surface area contributed by atoms with E-state index in [0.717, 1.165) is 15.1 Å². The highest BCUT2D eigenvalue weighted by atomic mass is 32.1. The van der Waals surface area contributed by atoms with Gasteiger partial charge in [-0.1, -0.05) is 35.6 Å². The molecule has 0 fully saturated rings. The lowest BCUT2D eigenvalue weighted by Gasteiger charge is -2.22. The van der Waals surface area contributed by atoms with E-state index in [1.165, 1.54) is 16.2 Å². The molecule has 2 aromatic carbocycles. The number of amides is 3. The van der Waals surface area contributed by atoms with Crippen molar-refractivity contribution in [2.75, 3.05) is 18.0 Å². The second-order valence-electron chi connectivity index (χ2n) is 7.02. The number of thiazole rings is 1. The maximum Gasteiger partial charge on any atom is 0.262 e. The minimum atomic E-state index is -0.453. The molecule has 4 aromatic rings. The molecule has 2 aromatic heterocycles. The minimum absolute atomic E-state index is 0.309. The van der Waals surface area contributed by atoms with Gasteiger partial charge in [0.25, 0.3) is 11.8 Å². The highest BCUT2D eigenvalue weighted by Gasteiger charge is 2.37. The molecule has 0 saturated carbocycles. The molecule has 0 aliphatic carbocycles. The van der Waals surface area contributed by atoms with Gasteiger partial charge in [-0.25, -0.2) is 4.98 Å². The molecule has 3 amide bonds. The molecule has 0 unspecified atom stereocenters. The van der Waals surface area contributed by atoms with E-state index in [4.69, 9.17) is 0 Å². The first kappa shape index (κ1) is 19.1. The first-order chi connectivity index (χ1) is 15.1. The molecule has 0 bridgehead atoms. The number of benzene rings is 2. The summed E-state index contributed by atoms with van der Waals surface area (Å²) in [5.74, 6) is -1.28. The molecule has 1 aliphatic heterocycles. The van der Waals surface area contributed by atoms with Crippen molar-refractivity contribution in [3.8, 4) is 0 Å². The van der Waals surface area contributed by atoms with E-state index < -0.39 is 11.8 Å². The predicted molar refractivity (Wildman–Crippen MR) is 116 cm³/mol. The van der Waals surface area contributed by atoms with Crippen LogP contribution in [0.4, 0.5) is 5.13 Å². The van der Waals surface area contributed by atoms with Crippen LogP contribution in [0.3, 0.4) is 0 Å². The van der Waals surface area contributed by atoms with E-state index in [1.54, 1.807) is 35.1 Å². The number of para-hydroxylation sites is 1. The summed E-state index contributed by atoms with van der Waals surface area (Å²) in [6.45, 7) is 0.418. The summed E-state index contributed by atoms with van der Waals surface area (Å²) in [6, 6.07) is 16.0. The number of fused-ring (bicyclic) bond motifs is 2. The number of hydrogen-bond acceptors (Lipinski definition) is 6. The van der Waals surface area contributed by atoms with E-state index in [9.17, 15) is 14.4 Å². The van der Waals surface area contributed by atoms with E-state index in [1.807, 2.05) is 36.5 Å². The van der Waals surface area contributed by atoms with Crippen molar-refractivity contribution in [3.05, 3.63) is 78.1 Å². The fraction of sp³-hybridized carbons (Fsp3) is 0.136. The standard InChI is InChI=1S/C22H17N5O3S/c28-19(14-27-20(29)15-6-1-2-7-16(15)21(27)30)26(13-12-25-11-5-10-23-25)22-24-17-8-3-4-9-18(17)31-22/h1-11H,12-14H2. The van der Waals surface area contributed by atoms with Gasteiger partial charge in [0.15, 0.2) is 5.13 Å². The Hall–Kier alpha value is -3.85. The Balaban J connectivity index is 1.42. The van der Waals surface area contributed by atoms with Gasteiger partial charge in [-0.2, -0.15) is 5.10 Å². The maximum absolute atomic E-state index is 13.3. The van der Waals surface area contributed by atoms with Gasteiger partial charge in [-0.3, -0.25) is 28.9 Å². The summed E-state index contributed by atoms with van der Waals surface area (Å²) in [5, 5.41) is 4.70. The molecule has 0 atom stereocenters. The summed E-state index contributed by atoms with van der Waals surface area (Å²) in [4.78, 5) is 45.8. The number of imide groups is 1. The molecular weight excluding hydrogens is 414 g/mol.